The van der Waals surface area contributed by atoms with Crippen molar-refractivity contribution in [2.75, 3.05) is 29.2 Å². The molecule has 6 nitrogen and oxygen atoms in total. The molecule has 0 radical (unpaired) electrons. The number of aromatic nitrogens is 2. The normalized spacial score (nSPS) is 22.4. The van der Waals surface area contributed by atoms with Crippen LogP contribution in [0.3, 0.4) is 0 Å². The quantitative estimate of drug-likeness (QED) is 0.848. The number of hydrogen-bond donors (Lipinski definition) is 2. The van der Waals surface area contributed by atoms with Gasteiger partial charge in [-0.05, 0) is 6.42 Å². The Kier molecular flexibility index (Phi) is 3.39. The van der Waals surface area contributed by atoms with Crippen LogP contribution < -0.4 is 10.6 Å². The number of sulfone groups is 1. The Balaban J connectivity index is 2.13. The van der Waals surface area contributed by atoms with Crippen LogP contribution in [0.25, 0.3) is 0 Å². The lowest BCUT2D eigenvalue weighted by molar-refractivity contribution is 0.602. The molecule has 2 rings (SSSR count). The Morgan fingerprint density at radius 2 is 2.29 bits per heavy atom. The zero-order valence-electron chi connectivity index (χ0n) is 9.27. The van der Waals surface area contributed by atoms with Crippen molar-refractivity contribution in [3.8, 4) is 0 Å². The van der Waals surface area contributed by atoms with E-state index < -0.39 is 9.84 Å². The van der Waals surface area contributed by atoms with Crippen molar-refractivity contribution in [3.63, 3.8) is 0 Å². The van der Waals surface area contributed by atoms with Gasteiger partial charge in [0.25, 0.3) is 0 Å². The van der Waals surface area contributed by atoms with Crippen LogP contribution in [0.1, 0.15) is 6.42 Å². The third kappa shape index (κ3) is 2.98. The molecule has 1 aliphatic heterocycles. The third-order valence-corrected chi connectivity index (χ3v) is 4.59. The van der Waals surface area contributed by atoms with E-state index in [0.717, 1.165) is 0 Å². The first-order valence-electron chi connectivity index (χ1n) is 5.17. The zero-order valence-corrected chi connectivity index (χ0v) is 10.8. The van der Waals surface area contributed by atoms with Crippen molar-refractivity contribution in [1.82, 2.24) is 9.97 Å². The summed E-state index contributed by atoms with van der Waals surface area (Å²) in [5.74, 6) is 1.25. The van der Waals surface area contributed by atoms with Gasteiger partial charge in [0, 0.05) is 13.1 Å². The van der Waals surface area contributed by atoms with E-state index in [0.29, 0.717) is 23.2 Å². The minimum Gasteiger partial charge on any atom is -0.365 e. The molecule has 2 N–H and O–H groups in total. The van der Waals surface area contributed by atoms with Gasteiger partial charge in [0.1, 0.15) is 5.02 Å². The molecular weight excluding hydrogens is 264 g/mol. The second-order valence-electron chi connectivity index (χ2n) is 3.88. The topological polar surface area (TPSA) is 84.0 Å². The van der Waals surface area contributed by atoms with E-state index in [1.54, 1.807) is 7.05 Å². The van der Waals surface area contributed by atoms with Crippen LogP contribution in [0.2, 0.25) is 5.02 Å². The zero-order chi connectivity index (χ0) is 12.5. The fourth-order valence-corrected chi connectivity index (χ4v) is 3.51. The van der Waals surface area contributed by atoms with Crippen molar-refractivity contribution in [1.29, 1.82) is 0 Å². The van der Waals surface area contributed by atoms with E-state index in [1.165, 1.54) is 6.20 Å². The van der Waals surface area contributed by atoms with E-state index in [2.05, 4.69) is 20.6 Å². The molecule has 0 amide bonds. The Bertz CT molecular complexity index is 520. The van der Waals surface area contributed by atoms with E-state index in [9.17, 15) is 8.42 Å². The number of rotatable bonds is 3. The molecule has 1 saturated heterocycles. The highest BCUT2D eigenvalue weighted by Crippen LogP contribution is 2.23. The van der Waals surface area contributed by atoms with E-state index >= 15 is 0 Å². The molecular formula is C9H13ClN4O2S. The molecule has 0 aliphatic carbocycles. The lowest BCUT2D eigenvalue weighted by Gasteiger charge is -2.13. The van der Waals surface area contributed by atoms with Crippen LogP contribution in [0.15, 0.2) is 6.20 Å². The summed E-state index contributed by atoms with van der Waals surface area (Å²) < 4.78 is 22.6. The first kappa shape index (κ1) is 12.4. The number of anilines is 2. The summed E-state index contributed by atoms with van der Waals surface area (Å²) >= 11 is 5.94. The summed E-state index contributed by atoms with van der Waals surface area (Å²) in [6, 6.07) is -0.128. The lowest BCUT2D eigenvalue weighted by atomic mass is 10.2. The van der Waals surface area contributed by atoms with Crippen LogP contribution in [0.4, 0.5) is 11.8 Å². The summed E-state index contributed by atoms with van der Waals surface area (Å²) in [7, 11) is -1.21. The fraction of sp³-hybridized carbons (Fsp3) is 0.556. The number of nitrogens with one attached hydrogen (secondary N) is 2. The number of hydrogen-bond acceptors (Lipinski definition) is 6. The molecule has 1 aliphatic rings. The van der Waals surface area contributed by atoms with Crippen molar-refractivity contribution in [2.45, 2.75) is 12.5 Å². The molecule has 1 unspecified atom stereocenters. The minimum atomic E-state index is -2.91. The van der Waals surface area contributed by atoms with Gasteiger partial charge in [0.2, 0.25) is 5.95 Å². The van der Waals surface area contributed by atoms with E-state index in [-0.39, 0.29) is 17.5 Å². The fourth-order valence-electron chi connectivity index (χ4n) is 1.69. The number of nitrogens with zero attached hydrogens (tertiary/aromatic N) is 2. The first-order valence-corrected chi connectivity index (χ1v) is 7.37. The highest BCUT2D eigenvalue weighted by atomic mass is 35.5. The van der Waals surface area contributed by atoms with Crippen molar-refractivity contribution < 1.29 is 8.42 Å². The second-order valence-corrected chi connectivity index (χ2v) is 6.52. The van der Waals surface area contributed by atoms with Gasteiger partial charge in [-0.3, -0.25) is 0 Å². The van der Waals surface area contributed by atoms with Crippen molar-refractivity contribution >= 4 is 33.2 Å². The molecule has 1 aromatic heterocycles. The van der Waals surface area contributed by atoms with Gasteiger partial charge >= 0.3 is 0 Å². The average Bonchev–Trinajstić information content (AvgIpc) is 2.61. The van der Waals surface area contributed by atoms with Crippen molar-refractivity contribution in [2.24, 2.45) is 0 Å². The summed E-state index contributed by atoms with van der Waals surface area (Å²) in [4.78, 5) is 8.09. The molecule has 1 atom stereocenters. The molecule has 0 bridgehead atoms. The maximum Gasteiger partial charge on any atom is 0.224 e. The SMILES string of the molecule is CNc1ncc(Cl)c(NC2CCS(=O)(=O)C2)n1. The molecule has 17 heavy (non-hydrogen) atoms. The highest BCUT2D eigenvalue weighted by Gasteiger charge is 2.28. The van der Waals surface area contributed by atoms with Crippen LogP contribution in [-0.2, 0) is 9.84 Å². The predicted octanol–water partition coefficient (Wildman–Crippen LogP) is 0.771. The largest absolute Gasteiger partial charge is 0.365 e. The molecule has 94 valence electrons. The Labute approximate surface area is 105 Å². The van der Waals surface area contributed by atoms with Gasteiger partial charge in [-0.15, -0.1) is 0 Å². The van der Waals surface area contributed by atoms with Crippen LogP contribution >= 0.6 is 11.6 Å². The molecule has 1 fully saturated rings. The van der Waals surface area contributed by atoms with Crippen LogP contribution in [0, 0.1) is 0 Å². The van der Waals surface area contributed by atoms with Gasteiger partial charge in [-0.1, -0.05) is 11.6 Å². The summed E-state index contributed by atoms with van der Waals surface area (Å²) in [5, 5.41) is 6.22. The second kappa shape index (κ2) is 4.66. The van der Waals surface area contributed by atoms with Crippen molar-refractivity contribution in [3.05, 3.63) is 11.2 Å². The van der Waals surface area contributed by atoms with E-state index in [1.807, 2.05) is 0 Å². The van der Waals surface area contributed by atoms with Crippen LogP contribution in [-0.4, -0.2) is 43.0 Å². The van der Waals surface area contributed by atoms with Crippen LogP contribution in [0.5, 0.6) is 0 Å². The standard InChI is InChI=1S/C9H13ClN4O2S/c1-11-9-12-4-7(10)8(14-9)13-6-2-3-17(15,16)5-6/h4,6H,2-3,5H2,1H3,(H2,11,12,13,14). The highest BCUT2D eigenvalue weighted by molar-refractivity contribution is 7.91. The predicted molar refractivity (Wildman–Crippen MR) is 67.3 cm³/mol. The monoisotopic (exact) mass is 276 g/mol. The smallest absolute Gasteiger partial charge is 0.224 e. The Hall–Kier alpha value is -1.08. The van der Waals surface area contributed by atoms with Gasteiger partial charge in [0.15, 0.2) is 15.7 Å². The molecule has 0 saturated carbocycles. The molecule has 8 heteroatoms. The maximum absolute atomic E-state index is 11.3. The first-order chi connectivity index (χ1) is 8.00. The van der Waals surface area contributed by atoms with Gasteiger partial charge in [-0.25, -0.2) is 13.4 Å². The number of halogens is 1. The van der Waals surface area contributed by atoms with Gasteiger partial charge < -0.3 is 10.6 Å². The Morgan fingerprint density at radius 3 is 2.88 bits per heavy atom. The summed E-state index contributed by atoms with van der Waals surface area (Å²) in [6.45, 7) is 0. The third-order valence-electron chi connectivity index (χ3n) is 2.54. The minimum absolute atomic E-state index is 0.127. The molecule has 0 spiro atoms. The summed E-state index contributed by atoms with van der Waals surface area (Å²) in [6.07, 6.45) is 2.06. The molecule has 2 heterocycles. The average molecular weight is 277 g/mol. The van der Waals surface area contributed by atoms with E-state index in [4.69, 9.17) is 11.6 Å². The van der Waals surface area contributed by atoms with Gasteiger partial charge in [-0.2, -0.15) is 4.98 Å². The lowest BCUT2D eigenvalue weighted by Crippen LogP contribution is -2.21. The summed E-state index contributed by atoms with van der Waals surface area (Å²) in [5.41, 5.74) is 0. The maximum atomic E-state index is 11.3. The van der Waals surface area contributed by atoms with Gasteiger partial charge in [0.05, 0.1) is 17.7 Å². The Morgan fingerprint density at radius 1 is 1.53 bits per heavy atom. The molecule has 1 aromatic rings. The molecule has 0 aromatic carbocycles.